The minimum Gasteiger partial charge on any atom is -0.496 e. The molecule has 12 heteroatoms. The van der Waals surface area contributed by atoms with Gasteiger partial charge in [-0.05, 0) is 72.4 Å². The third-order valence-electron chi connectivity index (χ3n) is 7.65. The Morgan fingerprint density at radius 2 is 1.76 bits per heavy atom. The van der Waals surface area contributed by atoms with Gasteiger partial charge in [0.05, 0.1) is 58.4 Å². The van der Waals surface area contributed by atoms with Crippen molar-refractivity contribution in [1.82, 2.24) is 5.32 Å². The Morgan fingerprint density at radius 3 is 2.41 bits per heavy atom. The lowest BCUT2D eigenvalue weighted by atomic mass is 10.0. The molecule has 0 unspecified atom stereocenters. The highest BCUT2D eigenvalue weighted by atomic mass is 32.2. The molecule has 1 saturated carbocycles. The normalized spacial score (nSPS) is 12.5. The second-order valence-electron chi connectivity index (χ2n) is 10.5. The van der Waals surface area contributed by atoms with E-state index in [1.807, 2.05) is 18.4 Å². The number of fused-ring (bicyclic) bond motifs is 1. The molecule has 1 aliphatic rings. The summed E-state index contributed by atoms with van der Waals surface area (Å²) in [4.78, 5) is 25.0. The van der Waals surface area contributed by atoms with Gasteiger partial charge in [-0.15, -0.1) is 0 Å². The molecule has 246 valence electrons. The zero-order chi connectivity index (χ0) is 31.9. The highest BCUT2D eigenvalue weighted by Crippen LogP contribution is 2.48. The highest BCUT2D eigenvalue weighted by molar-refractivity contribution is 7.99. The van der Waals surface area contributed by atoms with E-state index in [0.717, 1.165) is 29.5 Å². The van der Waals surface area contributed by atoms with Crippen LogP contribution >= 0.6 is 25.4 Å². The molecule has 0 aliphatic heterocycles. The molecule has 5 rings (SSSR count). The fraction of sp³-hybridized carbons (Fsp3) is 0.353. The monoisotopic (exact) mass is 670 g/mol. The molecule has 3 aromatic carbocycles. The summed E-state index contributed by atoms with van der Waals surface area (Å²) in [6, 6.07) is 15.3. The molecule has 46 heavy (non-hydrogen) atoms. The molecule has 4 aromatic rings. The Morgan fingerprint density at radius 1 is 1.02 bits per heavy atom. The predicted molar refractivity (Wildman–Crippen MR) is 183 cm³/mol. The van der Waals surface area contributed by atoms with Crippen LogP contribution in [0.5, 0.6) is 5.75 Å². The molecule has 1 aromatic heterocycles. The predicted octanol–water partition coefficient (Wildman–Crippen LogP) is 6.70. The van der Waals surface area contributed by atoms with Gasteiger partial charge >= 0.3 is 5.97 Å². The average Bonchev–Trinajstić information content (AvgIpc) is 3.85. The fourth-order valence-corrected chi connectivity index (χ4v) is 5.84. The molecule has 1 N–H and O–H groups in total. The van der Waals surface area contributed by atoms with Crippen molar-refractivity contribution in [3.8, 4) is 17.1 Å². The Kier molecular flexibility index (Phi) is 12.4. The molecule has 0 atom stereocenters. The topological polar surface area (TPSA) is 99.5 Å². The van der Waals surface area contributed by atoms with Crippen LogP contribution in [0.2, 0.25) is 0 Å². The lowest BCUT2D eigenvalue weighted by Gasteiger charge is -2.24. The van der Waals surface area contributed by atoms with Crippen molar-refractivity contribution in [1.29, 1.82) is 0 Å². The van der Waals surface area contributed by atoms with Gasteiger partial charge in [-0.3, -0.25) is 4.79 Å². The first-order chi connectivity index (χ1) is 21.9. The van der Waals surface area contributed by atoms with Crippen molar-refractivity contribution in [2.45, 2.75) is 25.4 Å². The summed E-state index contributed by atoms with van der Waals surface area (Å²) in [5.41, 5.74) is 5.05. The zero-order valence-corrected chi connectivity index (χ0v) is 28.1. The number of anilines is 1. The number of furan rings is 1. The van der Waals surface area contributed by atoms with Gasteiger partial charge in [-0.2, -0.15) is 13.5 Å². The quantitative estimate of drug-likeness (QED) is 0.0842. The molecular weight excluding hydrogens is 632 g/mol. The number of carbonyl (C=O) groups excluding carboxylic acids is 2. The number of nitrogens with one attached hydrogen (secondary N) is 1. The molecular formula is C34H39FN2O7S2. The van der Waals surface area contributed by atoms with Crippen molar-refractivity contribution in [2.75, 3.05) is 58.2 Å². The molecule has 1 aliphatic carbocycles. The lowest BCUT2D eigenvalue weighted by Crippen LogP contribution is -2.22. The molecule has 0 bridgehead atoms. The minimum atomic E-state index is -0.466. The first-order valence-corrected chi connectivity index (χ1v) is 15.9. The van der Waals surface area contributed by atoms with Crippen molar-refractivity contribution in [2.24, 2.45) is 0 Å². The summed E-state index contributed by atoms with van der Waals surface area (Å²) in [5.74, 6) is 0.197. The van der Waals surface area contributed by atoms with Crippen molar-refractivity contribution in [3.63, 3.8) is 0 Å². The first-order valence-electron chi connectivity index (χ1n) is 14.7. The SMILES string of the molecule is CNC(=O)c1c(-c2ccc(F)cc2)oc2cc(N(CCOCCOCc3ccc(OC)c(C(=O)OC)c3)SC)c(C3CC3)cc12.S. The number of carbonyl (C=O) groups is 2. The van der Waals surface area contributed by atoms with E-state index < -0.39 is 5.97 Å². The van der Waals surface area contributed by atoms with E-state index in [9.17, 15) is 14.0 Å². The number of benzene rings is 3. The third kappa shape index (κ3) is 7.98. The van der Waals surface area contributed by atoms with Gasteiger partial charge in [-0.25, -0.2) is 9.18 Å². The van der Waals surface area contributed by atoms with Crippen molar-refractivity contribution in [3.05, 3.63) is 82.7 Å². The maximum atomic E-state index is 13.6. The van der Waals surface area contributed by atoms with E-state index in [-0.39, 0.29) is 25.2 Å². The van der Waals surface area contributed by atoms with Crippen molar-refractivity contribution >= 4 is 54.0 Å². The number of ether oxygens (including phenoxy) is 4. The van der Waals surface area contributed by atoms with Crippen LogP contribution in [0.1, 0.15) is 50.6 Å². The molecule has 1 fully saturated rings. The summed E-state index contributed by atoms with van der Waals surface area (Å²) in [6.45, 7) is 2.22. The van der Waals surface area contributed by atoms with Gasteiger partial charge in [0.25, 0.3) is 5.91 Å². The van der Waals surface area contributed by atoms with E-state index in [0.29, 0.717) is 72.7 Å². The maximum Gasteiger partial charge on any atom is 0.341 e. The van der Waals surface area contributed by atoms with Gasteiger partial charge < -0.3 is 33.0 Å². The minimum absolute atomic E-state index is 0. The number of rotatable bonds is 15. The summed E-state index contributed by atoms with van der Waals surface area (Å²) < 4.78 is 43.8. The van der Waals surface area contributed by atoms with Crippen LogP contribution in [0.25, 0.3) is 22.3 Å². The molecule has 9 nitrogen and oxygen atoms in total. The summed E-state index contributed by atoms with van der Waals surface area (Å²) in [6.07, 6.45) is 4.19. The van der Waals surface area contributed by atoms with Crippen LogP contribution in [0, 0.1) is 5.82 Å². The second-order valence-corrected chi connectivity index (χ2v) is 11.4. The van der Waals surface area contributed by atoms with Crippen LogP contribution in [-0.2, 0) is 20.8 Å². The van der Waals surface area contributed by atoms with E-state index in [2.05, 4.69) is 15.7 Å². The van der Waals surface area contributed by atoms with Crippen LogP contribution < -0.4 is 14.4 Å². The molecule has 1 heterocycles. The Bertz CT molecular complexity index is 1660. The summed E-state index contributed by atoms with van der Waals surface area (Å²) >= 11 is 1.60. The zero-order valence-electron chi connectivity index (χ0n) is 26.3. The first kappa shape index (κ1) is 35.1. The standard InChI is InChI=1S/C34H37FN2O7S.H2S/c1-36-33(38)31-26-18-25(22-6-7-22)28(19-30(26)44-32(31)23-8-10-24(35)11-9-23)37(45-4)13-14-42-15-16-43-20-21-5-12-29(40-2)27(17-21)34(39)41-3;/h5,8-12,17-19,22H,6-7,13-16,20H2,1-4H3,(H,36,38);1H2. The number of hydrogen-bond acceptors (Lipinski definition) is 9. The second kappa shape index (κ2) is 16.2. The largest absolute Gasteiger partial charge is 0.496 e. The number of nitrogens with zero attached hydrogens (tertiary/aromatic N) is 1. The molecule has 1 amide bonds. The number of amides is 1. The Balaban J connectivity index is 0.00000480. The van der Waals surface area contributed by atoms with Gasteiger partial charge in [0.15, 0.2) is 0 Å². The van der Waals surface area contributed by atoms with Crippen LogP contribution in [0.4, 0.5) is 10.1 Å². The van der Waals surface area contributed by atoms with E-state index in [4.69, 9.17) is 23.4 Å². The lowest BCUT2D eigenvalue weighted by molar-refractivity contribution is 0.0435. The average molecular weight is 671 g/mol. The van der Waals surface area contributed by atoms with E-state index >= 15 is 0 Å². The Hall–Kier alpha value is -3.71. The van der Waals surface area contributed by atoms with E-state index in [1.165, 1.54) is 31.9 Å². The number of methoxy groups -OCH3 is 2. The van der Waals surface area contributed by atoms with Gasteiger partial charge in [0.2, 0.25) is 0 Å². The summed E-state index contributed by atoms with van der Waals surface area (Å²) in [5, 5.41) is 3.47. The molecule has 0 spiro atoms. The van der Waals surface area contributed by atoms with Crippen molar-refractivity contribution < 1.29 is 37.3 Å². The van der Waals surface area contributed by atoms with Gasteiger partial charge in [-0.1, -0.05) is 18.0 Å². The smallest absolute Gasteiger partial charge is 0.341 e. The number of esters is 1. The summed E-state index contributed by atoms with van der Waals surface area (Å²) in [7, 11) is 4.43. The fourth-order valence-electron chi connectivity index (χ4n) is 5.22. The van der Waals surface area contributed by atoms with Crippen LogP contribution in [-0.4, -0.2) is 65.8 Å². The maximum absolute atomic E-state index is 13.6. The number of halogens is 1. The Labute approximate surface area is 279 Å². The van der Waals surface area contributed by atoms with Crippen LogP contribution in [0.3, 0.4) is 0 Å². The van der Waals surface area contributed by atoms with Crippen LogP contribution in [0.15, 0.2) is 59.0 Å². The third-order valence-corrected chi connectivity index (χ3v) is 8.47. The molecule has 0 saturated heterocycles. The van der Waals surface area contributed by atoms with E-state index in [1.54, 1.807) is 43.3 Å². The molecule has 0 radical (unpaired) electrons. The number of hydrogen-bond donors (Lipinski definition) is 1. The van der Waals surface area contributed by atoms with Gasteiger partial charge in [0, 0.05) is 30.3 Å². The van der Waals surface area contributed by atoms with Gasteiger partial charge in [0.1, 0.15) is 28.5 Å². The highest BCUT2D eigenvalue weighted by Gasteiger charge is 2.31.